The molecule has 13 heavy (non-hydrogen) atoms. The molecule has 0 bridgehead atoms. The molecule has 0 aromatic rings. The molecule has 1 unspecified atom stereocenters. The number of carboxylic acids is 1. The number of carboxylic acid groups (broad SMARTS) is 1. The zero-order valence-corrected chi connectivity index (χ0v) is 8.52. The Morgan fingerprint density at radius 3 is 3.08 bits per heavy atom. The lowest BCUT2D eigenvalue weighted by Gasteiger charge is -2.07. The van der Waals surface area contributed by atoms with E-state index in [2.05, 4.69) is 0 Å². The van der Waals surface area contributed by atoms with E-state index in [0.29, 0.717) is 6.10 Å². The molecule has 0 aromatic carbocycles. The normalized spacial score (nSPS) is 22.0. The Morgan fingerprint density at radius 2 is 2.46 bits per heavy atom. The molecule has 76 valence electrons. The van der Waals surface area contributed by atoms with Crippen LogP contribution in [0.1, 0.15) is 25.7 Å². The first-order chi connectivity index (χ1) is 6.29. The van der Waals surface area contributed by atoms with E-state index < -0.39 is 5.97 Å². The maximum Gasteiger partial charge on any atom is 0.313 e. The standard InChI is InChI=1S/C9H16O3S/c10-9(11)7-13-6-2-4-8-3-1-5-12-8/h8H,1-7H2,(H,10,11). The molecule has 1 fully saturated rings. The van der Waals surface area contributed by atoms with Crippen LogP contribution >= 0.6 is 11.8 Å². The van der Waals surface area contributed by atoms with Crippen LogP contribution in [0, 0.1) is 0 Å². The minimum Gasteiger partial charge on any atom is -0.481 e. The molecule has 1 aliphatic rings. The first kappa shape index (κ1) is 10.9. The maximum absolute atomic E-state index is 10.2. The number of ether oxygens (including phenoxy) is 1. The van der Waals surface area contributed by atoms with Gasteiger partial charge in [0.2, 0.25) is 0 Å². The Kier molecular flexibility index (Phi) is 5.23. The highest BCUT2D eigenvalue weighted by atomic mass is 32.2. The molecular formula is C9H16O3S. The maximum atomic E-state index is 10.2. The molecule has 1 N–H and O–H groups in total. The van der Waals surface area contributed by atoms with Crippen LogP contribution in [-0.4, -0.2) is 35.3 Å². The Balaban J connectivity index is 1.86. The summed E-state index contributed by atoms with van der Waals surface area (Å²) < 4.78 is 5.46. The van der Waals surface area contributed by atoms with Crippen molar-refractivity contribution >= 4 is 17.7 Å². The molecule has 1 atom stereocenters. The van der Waals surface area contributed by atoms with Gasteiger partial charge in [-0.25, -0.2) is 0 Å². The van der Waals surface area contributed by atoms with Crippen LogP contribution in [0.25, 0.3) is 0 Å². The summed E-state index contributed by atoms with van der Waals surface area (Å²) in [6.45, 7) is 0.910. The average molecular weight is 204 g/mol. The summed E-state index contributed by atoms with van der Waals surface area (Å²) in [4.78, 5) is 10.2. The van der Waals surface area contributed by atoms with Crippen LogP contribution < -0.4 is 0 Å². The van der Waals surface area contributed by atoms with Crippen molar-refractivity contribution in [3.05, 3.63) is 0 Å². The van der Waals surface area contributed by atoms with Crippen molar-refractivity contribution in [3.63, 3.8) is 0 Å². The fourth-order valence-corrected chi connectivity index (χ4v) is 2.13. The molecule has 0 saturated carbocycles. The number of hydrogen-bond donors (Lipinski definition) is 1. The molecule has 0 aromatic heterocycles. The van der Waals surface area contributed by atoms with E-state index in [-0.39, 0.29) is 5.75 Å². The van der Waals surface area contributed by atoms with Gasteiger partial charge in [-0.2, -0.15) is 11.8 Å². The van der Waals surface area contributed by atoms with Gasteiger partial charge < -0.3 is 9.84 Å². The van der Waals surface area contributed by atoms with Crippen LogP contribution in [0.5, 0.6) is 0 Å². The summed E-state index contributed by atoms with van der Waals surface area (Å²) in [7, 11) is 0. The summed E-state index contributed by atoms with van der Waals surface area (Å²) in [5.74, 6) is 0.444. The first-order valence-electron chi connectivity index (χ1n) is 4.70. The minimum absolute atomic E-state index is 0.228. The van der Waals surface area contributed by atoms with Gasteiger partial charge in [0.05, 0.1) is 11.9 Å². The largest absolute Gasteiger partial charge is 0.481 e. The van der Waals surface area contributed by atoms with Gasteiger partial charge in [-0.3, -0.25) is 4.79 Å². The Morgan fingerprint density at radius 1 is 1.62 bits per heavy atom. The molecule has 3 nitrogen and oxygen atoms in total. The summed E-state index contributed by atoms with van der Waals surface area (Å²) in [5, 5.41) is 8.38. The van der Waals surface area contributed by atoms with Crippen molar-refractivity contribution in [2.45, 2.75) is 31.8 Å². The van der Waals surface area contributed by atoms with Gasteiger partial charge in [-0.05, 0) is 31.4 Å². The predicted octanol–water partition coefficient (Wildman–Crippen LogP) is 1.76. The van der Waals surface area contributed by atoms with Gasteiger partial charge in [0.25, 0.3) is 0 Å². The van der Waals surface area contributed by atoms with E-state index in [1.54, 1.807) is 0 Å². The summed E-state index contributed by atoms with van der Waals surface area (Å²) in [5.41, 5.74) is 0. The molecule has 1 heterocycles. The topological polar surface area (TPSA) is 46.5 Å². The van der Waals surface area contributed by atoms with Crippen molar-refractivity contribution in [1.82, 2.24) is 0 Å². The molecule has 0 amide bonds. The van der Waals surface area contributed by atoms with E-state index in [9.17, 15) is 4.79 Å². The van der Waals surface area contributed by atoms with Gasteiger partial charge in [-0.1, -0.05) is 0 Å². The fourth-order valence-electron chi connectivity index (χ4n) is 1.44. The molecule has 0 spiro atoms. The van der Waals surface area contributed by atoms with Crippen molar-refractivity contribution in [2.75, 3.05) is 18.1 Å². The number of aliphatic carboxylic acids is 1. The zero-order valence-electron chi connectivity index (χ0n) is 7.70. The molecule has 1 saturated heterocycles. The highest BCUT2D eigenvalue weighted by Gasteiger charge is 2.14. The van der Waals surface area contributed by atoms with E-state index in [1.165, 1.54) is 24.6 Å². The molecule has 4 heteroatoms. The van der Waals surface area contributed by atoms with Crippen LogP contribution in [-0.2, 0) is 9.53 Å². The highest BCUT2D eigenvalue weighted by molar-refractivity contribution is 7.99. The van der Waals surface area contributed by atoms with Crippen molar-refractivity contribution in [2.24, 2.45) is 0 Å². The number of carbonyl (C=O) groups is 1. The van der Waals surface area contributed by atoms with Gasteiger partial charge in [0.15, 0.2) is 0 Å². The molecule has 0 aliphatic carbocycles. The SMILES string of the molecule is O=C(O)CSCCCC1CCCO1. The van der Waals surface area contributed by atoms with Gasteiger partial charge in [0.1, 0.15) is 0 Å². The third-order valence-electron chi connectivity index (χ3n) is 2.06. The number of hydrogen-bond acceptors (Lipinski definition) is 3. The predicted molar refractivity (Wildman–Crippen MR) is 53.2 cm³/mol. The summed E-state index contributed by atoms with van der Waals surface area (Å²) in [6, 6.07) is 0. The fraction of sp³-hybridized carbons (Fsp3) is 0.889. The summed E-state index contributed by atoms with van der Waals surface area (Å²) in [6.07, 6.45) is 4.98. The second-order valence-electron chi connectivity index (χ2n) is 3.22. The monoisotopic (exact) mass is 204 g/mol. The van der Waals surface area contributed by atoms with Crippen molar-refractivity contribution in [1.29, 1.82) is 0 Å². The minimum atomic E-state index is -0.720. The third-order valence-corrected chi connectivity index (χ3v) is 3.09. The Hall–Kier alpha value is -0.220. The third kappa shape index (κ3) is 5.16. The van der Waals surface area contributed by atoms with Crippen LogP contribution in [0.4, 0.5) is 0 Å². The van der Waals surface area contributed by atoms with E-state index in [4.69, 9.17) is 9.84 Å². The van der Waals surface area contributed by atoms with Crippen molar-refractivity contribution in [3.8, 4) is 0 Å². The molecule has 1 aliphatic heterocycles. The zero-order chi connectivity index (χ0) is 9.52. The number of thioether (sulfide) groups is 1. The Bertz CT molecular complexity index is 155. The lowest BCUT2D eigenvalue weighted by molar-refractivity contribution is -0.133. The first-order valence-corrected chi connectivity index (χ1v) is 5.85. The van der Waals surface area contributed by atoms with E-state index >= 15 is 0 Å². The van der Waals surface area contributed by atoms with E-state index in [1.807, 2.05) is 0 Å². The molecule has 0 radical (unpaired) electrons. The number of rotatable bonds is 6. The highest BCUT2D eigenvalue weighted by Crippen LogP contribution is 2.17. The van der Waals surface area contributed by atoms with Gasteiger partial charge in [-0.15, -0.1) is 0 Å². The second kappa shape index (κ2) is 6.27. The lowest BCUT2D eigenvalue weighted by atomic mass is 10.1. The average Bonchev–Trinajstić information content (AvgIpc) is 2.55. The lowest BCUT2D eigenvalue weighted by Crippen LogP contribution is -2.05. The molecular weight excluding hydrogens is 188 g/mol. The second-order valence-corrected chi connectivity index (χ2v) is 4.33. The van der Waals surface area contributed by atoms with Gasteiger partial charge >= 0.3 is 5.97 Å². The smallest absolute Gasteiger partial charge is 0.313 e. The quantitative estimate of drug-likeness (QED) is 0.670. The Labute approximate surface area is 82.8 Å². The van der Waals surface area contributed by atoms with Crippen molar-refractivity contribution < 1.29 is 14.6 Å². The van der Waals surface area contributed by atoms with Crippen LogP contribution in [0.3, 0.4) is 0 Å². The van der Waals surface area contributed by atoms with Gasteiger partial charge in [0, 0.05) is 6.61 Å². The van der Waals surface area contributed by atoms with Crippen LogP contribution in [0.15, 0.2) is 0 Å². The molecule has 1 rings (SSSR count). The van der Waals surface area contributed by atoms with E-state index in [0.717, 1.165) is 25.2 Å². The summed E-state index contributed by atoms with van der Waals surface area (Å²) >= 11 is 1.49. The van der Waals surface area contributed by atoms with Crippen LogP contribution in [0.2, 0.25) is 0 Å².